The molecule has 2 N–H and O–H groups in total. The van der Waals surface area contributed by atoms with Crippen LogP contribution < -0.4 is 5.32 Å². The van der Waals surface area contributed by atoms with Gasteiger partial charge in [-0.3, -0.25) is 14.4 Å². The van der Waals surface area contributed by atoms with Crippen LogP contribution in [0.3, 0.4) is 0 Å². The van der Waals surface area contributed by atoms with Gasteiger partial charge in [0.25, 0.3) is 5.91 Å². The molecule has 1 amide bonds. The number of aliphatic carboxylic acids is 1. The second kappa shape index (κ2) is 13.7. The van der Waals surface area contributed by atoms with E-state index in [1.807, 2.05) is 20.8 Å². The van der Waals surface area contributed by atoms with E-state index in [1.165, 1.54) is 18.2 Å². The number of nitrogens with one attached hydrogen (secondary N) is 1. The minimum Gasteiger partial charge on any atom is -0.481 e. The van der Waals surface area contributed by atoms with E-state index < -0.39 is 39.0 Å². The second-order valence-electron chi connectivity index (χ2n) is 6.22. The van der Waals surface area contributed by atoms with Gasteiger partial charge < -0.3 is 28.4 Å². The molecule has 11 heteroatoms. The molecule has 1 aromatic rings. The lowest BCUT2D eigenvalue weighted by molar-refractivity contribution is -0.147. The zero-order valence-corrected chi connectivity index (χ0v) is 19.0. The van der Waals surface area contributed by atoms with Gasteiger partial charge in [-0.2, -0.15) is 0 Å². The van der Waals surface area contributed by atoms with Gasteiger partial charge in [-0.05, 0) is 39.3 Å². The van der Waals surface area contributed by atoms with Crippen molar-refractivity contribution in [2.75, 3.05) is 26.4 Å². The SMILES string of the molecule is CCO[Si](CCCNC(=O)c1ccccc1C(=O)OC(=O)CC(=O)O)(OCC)OCC. The van der Waals surface area contributed by atoms with E-state index in [4.69, 9.17) is 18.4 Å². The Hall–Kier alpha value is -2.60. The Morgan fingerprint density at radius 1 is 0.935 bits per heavy atom. The van der Waals surface area contributed by atoms with Crippen LogP contribution in [0.25, 0.3) is 0 Å². The first kappa shape index (κ1) is 26.4. The Labute approximate surface area is 182 Å². The molecule has 0 aliphatic carbocycles. The summed E-state index contributed by atoms with van der Waals surface area (Å²) in [6, 6.07) is 6.30. The summed E-state index contributed by atoms with van der Waals surface area (Å²) in [6.07, 6.45) is -0.424. The van der Waals surface area contributed by atoms with Crippen LogP contribution >= 0.6 is 0 Å². The number of hydrogen-bond acceptors (Lipinski definition) is 8. The van der Waals surface area contributed by atoms with E-state index >= 15 is 0 Å². The van der Waals surface area contributed by atoms with Gasteiger partial charge in [-0.15, -0.1) is 0 Å². The third kappa shape index (κ3) is 8.97. The topological polar surface area (TPSA) is 137 Å². The minimum atomic E-state index is -2.82. The Balaban J connectivity index is 2.73. The summed E-state index contributed by atoms with van der Waals surface area (Å²) >= 11 is 0. The van der Waals surface area contributed by atoms with Crippen LogP contribution in [0.4, 0.5) is 0 Å². The molecule has 1 rings (SSSR count). The summed E-state index contributed by atoms with van der Waals surface area (Å²) in [5.74, 6) is -4.26. The maximum atomic E-state index is 12.6. The van der Waals surface area contributed by atoms with Crippen molar-refractivity contribution in [1.29, 1.82) is 0 Å². The first-order valence-corrected chi connectivity index (χ1v) is 12.0. The molecule has 0 aliphatic heterocycles. The van der Waals surface area contributed by atoms with E-state index in [-0.39, 0.29) is 17.7 Å². The number of benzene rings is 1. The summed E-state index contributed by atoms with van der Waals surface area (Å²) in [6.45, 7) is 7.22. The molecule has 0 aromatic heterocycles. The molecule has 0 heterocycles. The maximum absolute atomic E-state index is 12.6. The van der Waals surface area contributed by atoms with Crippen LogP contribution in [-0.4, -0.2) is 64.1 Å². The van der Waals surface area contributed by atoms with E-state index in [1.54, 1.807) is 6.07 Å². The van der Waals surface area contributed by atoms with Crippen LogP contribution in [0.1, 0.15) is 54.3 Å². The lowest BCUT2D eigenvalue weighted by atomic mass is 10.1. The molecule has 0 saturated carbocycles. The highest BCUT2D eigenvalue weighted by Gasteiger charge is 2.39. The molecular formula is C20H29NO9Si. The van der Waals surface area contributed by atoms with E-state index in [2.05, 4.69) is 10.1 Å². The Bertz CT molecular complexity index is 752. The third-order valence-corrected chi connectivity index (χ3v) is 7.08. The van der Waals surface area contributed by atoms with E-state index in [0.29, 0.717) is 32.3 Å². The summed E-state index contributed by atoms with van der Waals surface area (Å²) in [7, 11) is -2.82. The molecule has 0 unspecified atom stereocenters. The van der Waals surface area contributed by atoms with Gasteiger partial charge >= 0.3 is 26.7 Å². The number of carboxylic acid groups (broad SMARTS) is 1. The van der Waals surface area contributed by atoms with E-state index in [0.717, 1.165) is 0 Å². The van der Waals surface area contributed by atoms with Crippen LogP contribution in [0.15, 0.2) is 24.3 Å². The fourth-order valence-corrected chi connectivity index (χ4v) is 5.39. The van der Waals surface area contributed by atoms with Crippen LogP contribution in [0, 0.1) is 0 Å². The average Bonchev–Trinajstić information content (AvgIpc) is 2.71. The second-order valence-corrected chi connectivity index (χ2v) is 8.95. The van der Waals surface area contributed by atoms with Gasteiger partial charge in [0, 0.05) is 32.4 Å². The summed E-state index contributed by atoms with van der Waals surface area (Å²) in [4.78, 5) is 46.7. The lowest BCUT2D eigenvalue weighted by Crippen LogP contribution is -2.46. The third-order valence-electron chi connectivity index (χ3n) is 3.93. The highest BCUT2D eigenvalue weighted by atomic mass is 28.4. The van der Waals surface area contributed by atoms with Crippen molar-refractivity contribution in [3.05, 3.63) is 35.4 Å². The molecule has 0 bridgehead atoms. The van der Waals surface area contributed by atoms with Crippen LogP contribution in [0.2, 0.25) is 6.04 Å². The first-order chi connectivity index (χ1) is 14.8. The molecule has 0 fully saturated rings. The molecule has 31 heavy (non-hydrogen) atoms. The number of esters is 2. The number of ether oxygens (including phenoxy) is 1. The zero-order chi connectivity index (χ0) is 23.3. The fourth-order valence-electron chi connectivity index (χ4n) is 2.78. The molecule has 1 aromatic carbocycles. The summed E-state index contributed by atoms with van der Waals surface area (Å²) < 4.78 is 21.8. The number of rotatable bonds is 14. The minimum absolute atomic E-state index is 0.0126. The van der Waals surface area contributed by atoms with Crippen molar-refractivity contribution < 1.29 is 42.3 Å². The van der Waals surface area contributed by atoms with Crippen molar-refractivity contribution in [1.82, 2.24) is 5.32 Å². The van der Waals surface area contributed by atoms with Gasteiger partial charge in [-0.25, -0.2) is 4.79 Å². The molecule has 0 radical (unpaired) electrons. The summed E-state index contributed by atoms with van der Waals surface area (Å²) in [5.41, 5.74) is -0.126. The van der Waals surface area contributed by atoms with Crippen molar-refractivity contribution in [2.45, 2.75) is 39.7 Å². The lowest BCUT2D eigenvalue weighted by Gasteiger charge is -2.28. The quantitative estimate of drug-likeness (QED) is 0.187. The van der Waals surface area contributed by atoms with Gasteiger partial charge in [0.05, 0.1) is 11.1 Å². The van der Waals surface area contributed by atoms with Gasteiger partial charge in [0.1, 0.15) is 6.42 Å². The number of carboxylic acids is 1. The average molecular weight is 456 g/mol. The van der Waals surface area contributed by atoms with Crippen molar-refractivity contribution in [3.8, 4) is 0 Å². The highest BCUT2D eigenvalue weighted by Crippen LogP contribution is 2.18. The van der Waals surface area contributed by atoms with Gasteiger partial charge in [-0.1, -0.05) is 12.1 Å². The Morgan fingerprint density at radius 2 is 1.48 bits per heavy atom. The fraction of sp³-hybridized carbons (Fsp3) is 0.500. The molecule has 0 aliphatic rings. The highest BCUT2D eigenvalue weighted by molar-refractivity contribution is 6.60. The summed E-state index contributed by atoms with van der Waals surface area (Å²) in [5, 5.41) is 11.3. The zero-order valence-electron chi connectivity index (χ0n) is 18.0. The molecule has 172 valence electrons. The Morgan fingerprint density at radius 3 is 2.00 bits per heavy atom. The maximum Gasteiger partial charge on any atom is 0.500 e. The first-order valence-electron chi connectivity index (χ1n) is 10.0. The van der Waals surface area contributed by atoms with Crippen LogP contribution in [-0.2, 0) is 27.6 Å². The normalized spacial score (nSPS) is 11.1. The largest absolute Gasteiger partial charge is 0.500 e. The molecule has 0 saturated heterocycles. The molecule has 10 nitrogen and oxygen atoms in total. The Kier molecular flexibility index (Phi) is 11.6. The molecular weight excluding hydrogens is 426 g/mol. The van der Waals surface area contributed by atoms with Crippen molar-refractivity contribution in [2.24, 2.45) is 0 Å². The predicted molar refractivity (Wildman–Crippen MR) is 112 cm³/mol. The number of carbonyl (C=O) groups excluding carboxylic acids is 3. The molecule has 0 spiro atoms. The van der Waals surface area contributed by atoms with Gasteiger partial charge in [0.2, 0.25) is 0 Å². The number of hydrogen-bond donors (Lipinski definition) is 2. The van der Waals surface area contributed by atoms with E-state index in [9.17, 15) is 19.2 Å². The standard InChI is InChI=1S/C20H29NO9Si/c1-4-27-31(28-5-2,29-6-3)13-9-12-21-19(25)15-10-7-8-11-16(15)20(26)30-18(24)14-17(22)23/h7-8,10-11H,4-6,9,12-14H2,1-3H3,(H,21,25)(H,22,23). The van der Waals surface area contributed by atoms with Gasteiger partial charge in [0.15, 0.2) is 0 Å². The van der Waals surface area contributed by atoms with Crippen molar-refractivity contribution in [3.63, 3.8) is 0 Å². The predicted octanol–water partition coefficient (Wildman–Crippen LogP) is 2.01. The van der Waals surface area contributed by atoms with Crippen LogP contribution in [0.5, 0.6) is 0 Å². The molecule has 0 atom stereocenters. The number of amides is 1. The van der Waals surface area contributed by atoms with Crippen molar-refractivity contribution >= 4 is 32.6 Å². The smallest absolute Gasteiger partial charge is 0.481 e. The monoisotopic (exact) mass is 455 g/mol. The number of carbonyl (C=O) groups is 4.